The molecule has 3 rings (SSSR count). The molecule has 1 aromatic carbocycles. The first-order valence-corrected chi connectivity index (χ1v) is 9.90. The summed E-state index contributed by atoms with van der Waals surface area (Å²) in [4.78, 5) is 15.0. The van der Waals surface area contributed by atoms with Gasteiger partial charge in [0.05, 0.1) is 18.9 Å². The van der Waals surface area contributed by atoms with Crippen LogP contribution < -0.4 is 4.90 Å². The van der Waals surface area contributed by atoms with Crippen LogP contribution in [-0.4, -0.2) is 25.7 Å². The zero-order chi connectivity index (χ0) is 17.7. The first-order chi connectivity index (χ1) is 12.2. The third kappa shape index (κ3) is 3.75. The normalized spacial score (nSPS) is 18.8. The van der Waals surface area contributed by atoms with Crippen molar-refractivity contribution < 1.29 is 14.3 Å². The van der Waals surface area contributed by atoms with Crippen molar-refractivity contribution in [3.8, 4) is 0 Å². The maximum Gasteiger partial charge on any atom is 0.292 e. The van der Waals surface area contributed by atoms with Crippen molar-refractivity contribution in [2.45, 2.75) is 71.0 Å². The van der Waals surface area contributed by atoms with Crippen LogP contribution in [0.2, 0.25) is 0 Å². The number of benzene rings is 1. The van der Waals surface area contributed by atoms with E-state index in [9.17, 15) is 4.79 Å². The Morgan fingerprint density at radius 1 is 1.04 bits per heavy atom. The highest BCUT2D eigenvalue weighted by Crippen LogP contribution is 2.45. The molecule has 1 amide bonds. The lowest BCUT2D eigenvalue weighted by molar-refractivity contribution is -0.256. The third-order valence-corrected chi connectivity index (χ3v) is 5.21. The smallest absolute Gasteiger partial charge is 0.292 e. The van der Waals surface area contributed by atoms with E-state index in [0.29, 0.717) is 13.2 Å². The fourth-order valence-electron chi connectivity index (χ4n) is 3.81. The Labute approximate surface area is 151 Å². The first-order valence-electron chi connectivity index (χ1n) is 9.90. The lowest BCUT2D eigenvalue weighted by atomic mass is 10.0. The van der Waals surface area contributed by atoms with E-state index in [1.165, 1.54) is 38.5 Å². The van der Waals surface area contributed by atoms with Crippen molar-refractivity contribution in [3.05, 3.63) is 29.3 Å². The molecule has 0 bridgehead atoms. The van der Waals surface area contributed by atoms with Gasteiger partial charge in [-0.1, -0.05) is 57.1 Å². The molecule has 1 aromatic rings. The van der Waals surface area contributed by atoms with Gasteiger partial charge in [0.1, 0.15) is 0 Å². The van der Waals surface area contributed by atoms with Gasteiger partial charge in [0.25, 0.3) is 11.7 Å². The number of ether oxygens (including phenoxy) is 2. The Kier molecular flexibility index (Phi) is 6.13. The average Bonchev–Trinajstić information content (AvgIpc) is 2.84. The number of hydrogen-bond acceptors (Lipinski definition) is 3. The maximum atomic E-state index is 13.1. The van der Waals surface area contributed by atoms with Crippen molar-refractivity contribution in [2.24, 2.45) is 0 Å². The van der Waals surface area contributed by atoms with E-state index in [4.69, 9.17) is 9.47 Å². The number of carbonyl (C=O) groups excluding carboxylic acids is 1. The summed E-state index contributed by atoms with van der Waals surface area (Å²) in [5, 5.41) is 0. The number of aryl methyl sites for hydroxylation is 1. The summed E-state index contributed by atoms with van der Waals surface area (Å²) >= 11 is 0. The molecule has 25 heavy (non-hydrogen) atoms. The zero-order valence-corrected chi connectivity index (χ0v) is 15.7. The lowest BCUT2D eigenvalue weighted by Gasteiger charge is -2.32. The molecule has 0 saturated carbocycles. The second kappa shape index (κ2) is 8.33. The molecule has 0 unspecified atom stereocenters. The molecular weight excluding hydrogens is 314 g/mol. The minimum absolute atomic E-state index is 0.0428. The molecule has 4 heteroatoms. The van der Waals surface area contributed by atoms with Gasteiger partial charge in [-0.3, -0.25) is 4.79 Å². The van der Waals surface area contributed by atoms with Crippen molar-refractivity contribution in [1.82, 2.24) is 0 Å². The average molecular weight is 345 g/mol. The quantitative estimate of drug-likeness (QED) is 0.642. The van der Waals surface area contributed by atoms with Crippen LogP contribution in [0.25, 0.3) is 0 Å². The number of amides is 1. The van der Waals surface area contributed by atoms with Gasteiger partial charge in [-0.25, -0.2) is 0 Å². The van der Waals surface area contributed by atoms with Crippen LogP contribution in [0.1, 0.15) is 69.4 Å². The summed E-state index contributed by atoms with van der Waals surface area (Å²) in [6.07, 6.45) is 9.52. The number of anilines is 1. The fourth-order valence-corrected chi connectivity index (χ4v) is 3.81. The molecule has 0 radical (unpaired) electrons. The van der Waals surface area contributed by atoms with Gasteiger partial charge in [0, 0.05) is 12.1 Å². The van der Waals surface area contributed by atoms with Crippen molar-refractivity contribution in [3.63, 3.8) is 0 Å². The molecule has 1 fully saturated rings. The summed E-state index contributed by atoms with van der Waals surface area (Å²) in [7, 11) is 0. The molecule has 0 aromatic heterocycles. The van der Waals surface area contributed by atoms with Crippen molar-refractivity contribution >= 4 is 11.6 Å². The van der Waals surface area contributed by atoms with Gasteiger partial charge in [-0.2, -0.15) is 0 Å². The van der Waals surface area contributed by atoms with E-state index in [2.05, 4.69) is 13.0 Å². The third-order valence-electron chi connectivity index (χ3n) is 5.21. The van der Waals surface area contributed by atoms with Crippen molar-refractivity contribution in [2.75, 3.05) is 24.7 Å². The number of unbranched alkanes of at least 4 members (excludes halogenated alkanes) is 6. The van der Waals surface area contributed by atoms with E-state index in [-0.39, 0.29) is 5.91 Å². The number of hydrogen-bond donors (Lipinski definition) is 0. The molecular formula is C21H31NO3. The van der Waals surface area contributed by atoms with Gasteiger partial charge in [-0.05, 0) is 31.9 Å². The van der Waals surface area contributed by atoms with Crippen LogP contribution in [0.5, 0.6) is 0 Å². The molecule has 138 valence electrons. The fraction of sp³-hybridized carbons (Fsp3) is 0.667. The minimum atomic E-state index is -1.19. The molecule has 4 nitrogen and oxygen atoms in total. The van der Waals surface area contributed by atoms with Gasteiger partial charge < -0.3 is 14.4 Å². The predicted molar refractivity (Wildman–Crippen MR) is 99.7 cm³/mol. The molecule has 1 saturated heterocycles. The summed E-state index contributed by atoms with van der Waals surface area (Å²) in [5.74, 6) is -1.24. The van der Waals surface area contributed by atoms with E-state index in [1.54, 1.807) is 0 Å². The van der Waals surface area contributed by atoms with Crippen LogP contribution in [-0.2, 0) is 20.1 Å². The van der Waals surface area contributed by atoms with E-state index in [0.717, 1.165) is 36.2 Å². The molecule has 0 N–H and O–H groups in total. The molecule has 0 atom stereocenters. The summed E-state index contributed by atoms with van der Waals surface area (Å²) in [6.45, 7) is 6.18. The van der Waals surface area contributed by atoms with E-state index >= 15 is 0 Å². The Balaban J connectivity index is 1.66. The van der Waals surface area contributed by atoms with Gasteiger partial charge >= 0.3 is 0 Å². The Morgan fingerprint density at radius 3 is 2.44 bits per heavy atom. The molecule has 2 heterocycles. The molecule has 2 aliphatic heterocycles. The Morgan fingerprint density at radius 2 is 1.72 bits per heavy atom. The summed E-state index contributed by atoms with van der Waals surface area (Å²) in [5.41, 5.74) is 2.98. The number of fused-ring (bicyclic) bond motifs is 2. The van der Waals surface area contributed by atoms with E-state index < -0.39 is 5.79 Å². The largest absolute Gasteiger partial charge is 0.338 e. The standard InChI is InChI=1S/C21H31NO3/c1-3-4-5-6-7-8-9-13-22-19-12-11-17(2)16-18(19)21(20(22)23)24-14-10-15-25-21/h11-12,16H,3-10,13-15H2,1-2H3. The maximum absolute atomic E-state index is 13.1. The SMILES string of the molecule is CCCCCCCCCN1C(=O)C2(OCCCO2)c2cc(C)ccc21. The molecule has 0 aliphatic carbocycles. The Bertz CT molecular complexity index is 593. The molecule has 2 aliphatic rings. The van der Waals surface area contributed by atoms with Crippen molar-refractivity contribution in [1.29, 1.82) is 0 Å². The van der Waals surface area contributed by atoms with Crippen LogP contribution in [0.15, 0.2) is 18.2 Å². The number of nitrogens with zero attached hydrogens (tertiary/aromatic N) is 1. The second-order valence-electron chi connectivity index (χ2n) is 7.27. The van der Waals surface area contributed by atoms with Gasteiger partial charge in [-0.15, -0.1) is 0 Å². The van der Waals surface area contributed by atoms with Crippen LogP contribution in [0, 0.1) is 6.92 Å². The van der Waals surface area contributed by atoms with Crippen LogP contribution in [0.4, 0.5) is 5.69 Å². The second-order valence-corrected chi connectivity index (χ2v) is 7.27. The number of carbonyl (C=O) groups is 1. The topological polar surface area (TPSA) is 38.8 Å². The zero-order valence-electron chi connectivity index (χ0n) is 15.7. The van der Waals surface area contributed by atoms with E-state index in [1.807, 2.05) is 24.0 Å². The highest BCUT2D eigenvalue weighted by Gasteiger charge is 2.54. The molecule has 1 spiro atoms. The number of rotatable bonds is 8. The highest BCUT2D eigenvalue weighted by molar-refractivity contribution is 6.06. The minimum Gasteiger partial charge on any atom is -0.338 e. The highest BCUT2D eigenvalue weighted by atomic mass is 16.7. The van der Waals surface area contributed by atoms with Crippen LogP contribution >= 0.6 is 0 Å². The van der Waals surface area contributed by atoms with Gasteiger partial charge in [0.15, 0.2) is 0 Å². The predicted octanol–water partition coefficient (Wildman–Crippen LogP) is 4.68. The van der Waals surface area contributed by atoms with Gasteiger partial charge in [0.2, 0.25) is 0 Å². The van der Waals surface area contributed by atoms with Crippen LogP contribution in [0.3, 0.4) is 0 Å². The lowest BCUT2D eigenvalue weighted by Crippen LogP contribution is -2.47. The first kappa shape index (κ1) is 18.4. The monoisotopic (exact) mass is 345 g/mol. The summed E-state index contributed by atoms with van der Waals surface area (Å²) < 4.78 is 11.8. The Hall–Kier alpha value is -1.39. The summed E-state index contributed by atoms with van der Waals surface area (Å²) in [6, 6.07) is 6.15.